The number of rotatable bonds is 6. The molecule has 11 aromatic carbocycles. The summed E-state index contributed by atoms with van der Waals surface area (Å²) in [7, 11) is 0. The van der Waals surface area contributed by atoms with E-state index in [1.807, 2.05) is 0 Å². The summed E-state index contributed by atoms with van der Waals surface area (Å²) in [6.07, 6.45) is 0. The van der Waals surface area contributed by atoms with Crippen LogP contribution in [-0.4, -0.2) is 0 Å². The monoisotopic (exact) mass is 811 g/mol. The van der Waals surface area contributed by atoms with Crippen LogP contribution < -0.4 is 4.90 Å². The molecule has 0 fully saturated rings. The van der Waals surface area contributed by atoms with E-state index < -0.39 is 5.41 Å². The van der Waals surface area contributed by atoms with Gasteiger partial charge in [0.1, 0.15) is 0 Å². The van der Waals surface area contributed by atoms with Gasteiger partial charge in [-0.3, -0.25) is 0 Å². The Hall–Kier alpha value is -8.26. The lowest BCUT2D eigenvalue weighted by Crippen LogP contribution is -2.26. The molecule has 0 heterocycles. The van der Waals surface area contributed by atoms with Gasteiger partial charge in [-0.2, -0.15) is 0 Å². The maximum Gasteiger partial charge on any atom is 0.0726 e. The molecule has 0 radical (unpaired) electrons. The third-order valence-electron chi connectivity index (χ3n) is 13.9. The van der Waals surface area contributed by atoms with Crippen molar-refractivity contribution in [2.24, 2.45) is 0 Å². The molecular formula is C63H41N. The van der Waals surface area contributed by atoms with Gasteiger partial charge in [0, 0.05) is 17.1 Å². The van der Waals surface area contributed by atoms with E-state index in [0.717, 1.165) is 17.1 Å². The Morgan fingerprint density at radius 2 is 0.641 bits per heavy atom. The molecule has 64 heavy (non-hydrogen) atoms. The topological polar surface area (TPSA) is 3.24 Å². The van der Waals surface area contributed by atoms with Crippen molar-refractivity contribution >= 4 is 38.6 Å². The lowest BCUT2D eigenvalue weighted by molar-refractivity contribution is 0.793. The van der Waals surface area contributed by atoms with Gasteiger partial charge in [0.25, 0.3) is 0 Å². The molecule has 298 valence electrons. The highest BCUT2D eigenvalue weighted by Crippen LogP contribution is 2.63. The number of anilines is 3. The molecule has 0 aromatic heterocycles. The van der Waals surface area contributed by atoms with Gasteiger partial charge >= 0.3 is 0 Å². The summed E-state index contributed by atoms with van der Waals surface area (Å²) in [5, 5.41) is 5.03. The molecular weight excluding hydrogens is 771 g/mol. The summed E-state index contributed by atoms with van der Waals surface area (Å²) >= 11 is 0. The molecule has 0 unspecified atom stereocenters. The second-order valence-electron chi connectivity index (χ2n) is 17.2. The maximum absolute atomic E-state index is 2.48. The SMILES string of the molecule is c1cc(-c2ccc(N(c3ccc(-c4cccc5ccccc45)cc3)c3ccc4c(c3)C3(c5ccccc5-c5ccccc53)c3ccccc3-4)cc2)cc(-c2cccc3ccccc23)c1. The van der Waals surface area contributed by atoms with Crippen LogP contribution in [0.15, 0.2) is 249 Å². The van der Waals surface area contributed by atoms with E-state index in [-0.39, 0.29) is 0 Å². The summed E-state index contributed by atoms with van der Waals surface area (Å²) in [4.78, 5) is 2.44. The molecule has 1 nitrogen and oxygen atoms in total. The zero-order valence-electron chi connectivity index (χ0n) is 35.1. The van der Waals surface area contributed by atoms with E-state index in [1.54, 1.807) is 0 Å². The molecule has 0 saturated heterocycles. The Kier molecular flexibility index (Phi) is 8.20. The van der Waals surface area contributed by atoms with Gasteiger partial charge < -0.3 is 4.90 Å². The minimum Gasteiger partial charge on any atom is -0.310 e. The van der Waals surface area contributed by atoms with Crippen molar-refractivity contribution in [2.45, 2.75) is 5.41 Å². The number of benzene rings is 11. The fourth-order valence-corrected chi connectivity index (χ4v) is 11.1. The van der Waals surface area contributed by atoms with Crippen molar-refractivity contribution in [1.82, 2.24) is 0 Å². The second-order valence-corrected chi connectivity index (χ2v) is 17.2. The van der Waals surface area contributed by atoms with Crippen molar-refractivity contribution in [3.05, 3.63) is 271 Å². The minimum atomic E-state index is -0.433. The van der Waals surface area contributed by atoms with Gasteiger partial charge in [0.15, 0.2) is 0 Å². The molecule has 2 aliphatic carbocycles. The first-order valence-corrected chi connectivity index (χ1v) is 22.2. The highest BCUT2D eigenvalue weighted by atomic mass is 15.1. The summed E-state index contributed by atoms with van der Waals surface area (Å²) < 4.78 is 0. The van der Waals surface area contributed by atoms with Crippen molar-refractivity contribution in [3.63, 3.8) is 0 Å². The van der Waals surface area contributed by atoms with Crippen LogP contribution in [0.25, 0.3) is 77.2 Å². The fraction of sp³-hybridized carbons (Fsp3) is 0.0159. The van der Waals surface area contributed by atoms with Crippen molar-refractivity contribution < 1.29 is 0 Å². The van der Waals surface area contributed by atoms with Crippen molar-refractivity contribution in [2.75, 3.05) is 4.90 Å². The number of hydrogen-bond acceptors (Lipinski definition) is 1. The number of hydrogen-bond donors (Lipinski definition) is 0. The standard InChI is InChI=1S/C63H41N/c1-3-20-51-43(14-1)16-12-25-53(51)45-32-36-49(37-33-45)64(48-34-30-42(31-35-48)46-18-11-19-47(40-46)54-26-13-17-44-15-2-4-21-52(44)54)50-38-39-58-57-24-7-10-29-61(57)63(62(58)41-50)59-27-8-5-22-55(59)56-23-6-9-28-60(56)63/h1-41H. The van der Waals surface area contributed by atoms with E-state index in [0.29, 0.717) is 0 Å². The van der Waals surface area contributed by atoms with E-state index in [2.05, 4.69) is 254 Å². The van der Waals surface area contributed by atoms with Gasteiger partial charge in [-0.25, -0.2) is 0 Å². The lowest BCUT2D eigenvalue weighted by atomic mass is 9.70. The Morgan fingerprint density at radius 3 is 1.22 bits per heavy atom. The van der Waals surface area contributed by atoms with Crippen LogP contribution in [0.3, 0.4) is 0 Å². The van der Waals surface area contributed by atoms with Crippen LogP contribution in [0.1, 0.15) is 22.3 Å². The van der Waals surface area contributed by atoms with Crippen LogP contribution in [-0.2, 0) is 5.41 Å². The van der Waals surface area contributed by atoms with Gasteiger partial charge in [-0.15, -0.1) is 0 Å². The van der Waals surface area contributed by atoms with Crippen LogP contribution in [0.4, 0.5) is 17.1 Å². The third kappa shape index (κ3) is 5.44. The predicted molar refractivity (Wildman–Crippen MR) is 269 cm³/mol. The Morgan fingerprint density at radius 1 is 0.234 bits per heavy atom. The van der Waals surface area contributed by atoms with Crippen molar-refractivity contribution in [1.29, 1.82) is 0 Å². The van der Waals surface area contributed by atoms with Crippen LogP contribution >= 0.6 is 0 Å². The van der Waals surface area contributed by atoms with E-state index in [9.17, 15) is 0 Å². The number of nitrogens with zero attached hydrogens (tertiary/aromatic N) is 1. The fourth-order valence-electron chi connectivity index (χ4n) is 11.1. The van der Waals surface area contributed by atoms with Gasteiger partial charge in [-0.05, 0) is 142 Å². The Balaban J connectivity index is 0.968. The Bertz CT molecular complexity index is 3540. The normalized spacial score (nSPS) is 12.8. The zero-order valence-corrected chi connectivity index (χ0v) is 35.1. The molecule has 0 N–H and O–H groups in total. The quantitative estimate of drug-likeness (QED) is 0.162. The molecule has 1 spiro atoms. The summed E-state index contributed by atoms with van der Waals surface area (Å²) in [5.41, 5.74) is 20.8. The van der Waals surface area contributed by atoms with Crippen LogP contribution in [0.2, 0.25) is 0 Å². The third-order valence-corrected chi connectivity index (χ3v) is 13.9. The van der Waals surface area contributed by atoms with Crippen LogP contribution in [0, 0.1) is 0 Å². The molecule has 0 saturated carbocycles. The zero-order chi connectivity index (χ0) is 42.2. The summed E-state index contributed by atoms with van der Waals surface area (Å²) in [6.45, 7) is 0. The maximum atomic E-state index is 2.48. The van der Waals surface area contributed by atoms with E-state index in [1.165, 1.54) is 99.4 Å². The first kappa shape index (κ1) is 36.4. The Labute approximate surface area is 373 Å². The average molecular weight is 812 g/mol. The average Bonchev–Trinajstić information content (AvgIpc) is 3.84. The minimum absolute atomic E-state index is 0.433. The van der Waals surface area contributed by atoms with E-state index in [4.69, 9.17) is 0 Å². The van der Waals surface area contributed by atoms with E-state index >= 15 is 0 Å². The molecule has 0 aliphatic heterocycles. The summed E-state index contributed by atoms with van der Waals surface area (Å²) in [6, 6.07) is 92.0. The molecule has 0 atom stereocenters. The molecule has 2 aliphatic rings. The molecule has 0 amide bonds. The lowest BCUT2D eigenvalue weighted by Gasteiger charge is -2.32. The molecule has 0 bridgehead atoms. The molecule has 11 aromatic rings. The highest BCUT2D eigenvalue weighted by Gasteiger charge is 2.51. The predicted octanol–water partition coefficient (Wildman–Crippen LogP) is 16.8. The van der Waals surface area contributed by atoms with Crippen molar-refractivity contribution in [3.8, 4) is 55.6 Å². The van der Waals surface area contributed by atoms with Gasteiger partial charge in [-0.1, -0.05) is 206 Å². The van der Waals surface area contributed by atoms with Gasteiger partial charge in [0.2, 0.25) is 0 Å². The van der Waals surface area contributed by atoms with Crippen LogP contribution in [0.5, 0.6) is 0 Å². The highest BCUT2D eigenvalue weighted by molar-refractivity contribution is 6.00. The largest absolute Gasteiger partial charge is 0.310 e. The summed E-state index contributed by atoms with van der Waals surface area (Å²) in [5.74, 6) is 0. The van der Waals surface area contributed by atoms with Gasteiger partial charge in [0.05, 0.1) is 5.41 Å². The second kappa shape index (κ2) is 14.4. The number of fused-ring (bicyclic) bond motifs is 12. The molecule has 1 heteroatoms. The molecule has 13 rings (SSSR count). The smallest absolute Gasteiger partial charge is 0.0726 e. The first-order chi connectivity index (χ1) is 31.7. The first-order valence-electron chi connectivity index (χ1n) is 22.2.